The summed E-state index contributed by atoms with van der Waals surface area (Å²) in [6.45, 7) is 1.40. The molecule has 1 aromatic carbocycles. The smallest absolute Gasteiger partial charge is 0.387 e. The molecule has 1 aromatic rings. The first-order valence-electron chi connectivity index (χ1n) is 8.78. The zero-order chi connectivity index (χ0) is 20.0. The summed E-state index contributed by atoms with van der Waals surface area (Å²) in [7, 11) is 0. The molecule has 0 radical (unpaired) electrons. The molecule has 0 aliphatic carbocycles. The van der Waals surface area contributed by atoms with Crippen molar-refractivity contribution in [3.63, 3.8) is 0 Å². The number of nitrogens with zero attached hydrogens (tertiary/aromatic N) is 2. The van der Waals surface area contributed by atoms with Gasteiger partial charge in [-0.3, -0.25) is 14.4 Å². The van der Waals surface area contributed by atoms with E-state index in [-0.39, 0.29) is 18.8 Å². The molecule has 0 bridgehead atoms. The van der Waals surface area contributed by atoms with Gasteiger partial charge >= 0.3 is 18.4 Å². The lowest BCUT2D eigenvalue weighted by molar-refractivity contribution is -0.156. The molecule has 1 unspecified atom stereocenters. The van der Waals surface area contributed by atoms with E-state index in [0.717, 1.165) is 0 Å². The highest BCUT2D eigenvalue weighted by Gasteiger charge is 2.32. The third-order valence-corrected chi connectivity index (χ3v) is 4.37. The van der Waals surface area contributed by atoms with Crippen molar-refractivity contribution in [3.8, 4) is 5.75 Å². The van der Waals surface area contributed by atoms with E-state index in [4.69, 9.17) is 0 Å². The van der Waals surface area contributed by atoms with E-state index in [1.165, 1.54) is 15.9 Å². The van der Waals surface area contributed by atoms with E-state index in [2.05, 4.69) is 10.1 Å². The van der Waals surface area contributed by atoms with Crippen LogP contribution in [-0.4, -0.2) is 60.3 Å². The summed E-state index contributed by atoms with van der Waals surface area (Å²) < 4.78 is 29.7. The SMILES string of the molecule is CCC(NC(=O)CN1CCN(CC)C(=O)C1=O)c1ccccc1OC(F)F. The minimum Gasteiger partial charge on any atom is -0.434 e. The molecule has 2 rings (SSSR count). The van der Waals surface area contributed by atoms with E-state index >= 15 is 0 Å². The highest BCUT2D eigenvalue weighted by Crippen LogP contribution is 2.28. The maximum atomic E-state index is 12.6. The van der Waals surface area contributed by atoms with Gasteiger partial charge in [0.05, 0.1) is 6.04 Å². The number of amides is 3. The molecule has 148 valence electrons. The van der Waals surface area contributed by atoms with Gasteiger partial charge in [-0.15, -0.1) is 0 Å². The summed E-state index contributed by atoms with van der Waals surface area (Å²) in [4.78, 5) is 39.0. The first kappa shape index (κ1) is 20.6. The molecule has 3 amide bonds. The summed E-state index contributed by atoms with van der Waals surface area (Å²) in [5, 5.41) is 2.72. The number of piperazine rings is 1. The van der Waals surface area contributed by atoms with Gasteiger partial charge in [-0.25, -0.2) is 0 Å². The first-order chi connectivity index (χ1) is 12.9. The standard InChI is InChI=1S/C18H23F2N3O4/c1-3-13(12-7-5-6-8-14(12)27-18(19)20)21-15(24)11-23-10-9-22(4-2)16(25)17(23)26/h5-8,13,18H,3-4,9-11H2,1-2H3,(H,21,24). The quantitative estimate of drug-likeness (QED) is 0.691. The van der Waals surface area contributed by atoms with Crippen molar-refractivity contribution < 1.29 is 27.9 Å². The molecule has 0 saturated carbocycles. The number of rotatable bonds is 8. The summed E-state index contributed by atoms with van der Waals surface area (Å²) in [6.07, 6.45) is 0.436. The molecule has 1 saturated heterocycles. The predicted molar refractivity (Wildman–Crippen MR) is 93.1 cm³/mol. The monoisotopic (exact) mass is 383 g/mol. The van der Waals surface area contributed by atoms with Gasteiger partial charge in [0, 0.05) is 25.2 Å². The van der Waals surface area contributed by atoms with Gasteiger partial charge < -0.3 is 19.9 Å². The lowest BCUT2D eigenvalue weighted by atomic mass is 10.0. The van der Waals surface area contributed by atoms with Gasteiger partial charge in [0.2, 0.25) is 5.91 Å². The number of nitrogens with one attached hydrogen (secondary N) is 1. The topological polar surface area (TPSA) is 79.0 Å². The minimum atomic E-state index is -2.97. The second-order valence-corrected chi connectivity index (χ2v) is 6.06. The van der Waals surface area contributed by atoms with Gasteiger partial charge in [-0.2, -0.15) is 8.78 Å². The Hall–Kier alpha value is -2.71. The van der Waals surface area contributed by atoms with Crippen LogP contribution in [0.15, 0.2) is 24.3 Å². The van der Waals surface area contributed by atoms with E-state index in [9.17, 15) is 23.2 Å². The maximum Gasteiger partial charge on any atom is 0.387 e. The van der Waals surface area contributed by atoms with E-state index < -0.39 is 30.4 Å². The average molecular weight is 383 g/mol. The van der Waals surface area contributed by atoms with Crippen LogP contribution in [0.1, 0.15) is 31.9 Å². The van der Waals surface area contributed by atoms with Crippen molar-refractivity contribution in [2.75, 3.05) is 26.2 Å². The van der Waals surface area contributed by atoms with Crippen LogP contribution < -0.4 is 10.1 Å². The molecule has 1 heterocycles. The second kappa shape index (κ2) is 9.29. The Bertz CT molecular complexity index is 699. The second-order valence-electron chi connectivity index (χ2n) is 6.06. The lowest BCUT2D eigenvalue weighted by Gasteiger charge is -2.33. The van der Waals surface area contributed by atoms with Gasteiger partial charge in [0.1, 0.15) is 12.3 Å². The number of carbonyl (C=O) groups excluding carboxylic acids is 3. The molecule has 1 aliphatic rings. The number of likely N-dealkylation sites (N-methyl/N-ethyl adjacent to an activating group) is 1. The molecule has 1 fully saturated rings. The number of para-hydroxylation sites is 1. The van der Waals surface area contributed by atoms with Crippen molar-refractivity contribution in [2.45, 2.75) is 32.9 Å². The van der Waals surface area contributed by atoms with Crippen LogP contribution in [0.5, 0.6) is 5.75 Å². The number of benzene rings is 1. The van der Waals surface area contributed by atoms with Crippen LogP contribution in [-0.2, 0) is 14.4 Å². The zero-order valence-electron chi connectivity index (χ0n) is 15.3. The molecule has 1 N–H and O–H groups in total. The Morgan fingerprint density at radius 2 is 1.78 bits per heavy atom. The molecule has 27 heavy (non-hydrogen) atoms. The normalized spacial score (nSPS) is 15.9. The Balaban J connectivity index is 2.04. The third-order valence-electron chi connectivity index (χ3n) is 4.37. The van der Waals surface area contributed by atoms with Gasteiger partial charge in [0.25, 0.3) is 0 Å². The molecular weight excluding hydrogens is 360 g/mol. The fourth-order valence-corrected chi connectivity index (χ4v) is 2.95. The highest BCUT2D eigenvalue weighted by molar-refractivity contribution is 6.35. The fraction of sp³-hybridized carbons (Fsp3) is 0.500. The maximum absolute atomic E-state index is 12.6. The Kier molecular flexibility index (Phi) is 7.09. The summed E-state index contributed by atoms with van der Waals surface area (Å²) in [5.41, 5.74) is 0.423. The van der Waals surface area contributed by atoms with Crippen LogP contribution in [0.3, 0.4) is 0 Å². The average Bonchev–Trinajstić information content (AvgIpc) is 2.64. The minimum absolute atomic E-state index is 0.0116. The van der Waals surface area contributed by atoms with Crippen molar-refractivity contribution in [3.05, 3.63) is 29.8 Å². The molecule has 7 nitrogen and oxygen atoms in total. The highest BCUT2D eigenvalue weighted by atomic mass is 19.3. The van der Waals surface area contributed by atoms with Crippen molar-refractivity contribution >= 4 is 17.7 Å². The molecule has 0 aromatic heterocycles. The van der Waals surface area contributed by atoms with Crippen molar-refractivity contribution in [1.82, 2.24) is 15.1 Å². The molecule has 9 heteroatoms. The predicted octanol–water partition coefficient (Wildman–Crippen LogP) is 1.55. The number of ether oxygens (including phenoxy) is 1. The van der Waals surface area contributed by atoms with Crippen LogP contribution in [0.25, 0.3) is 0 Å². The Morgan fingerprint density at radius 1 is 1.15 bits per heavy atom. The number of hydrogen-bond donors (Lipinski definition) is 1. The van der Waals surface area contributed by atoms with Crippen molar-refractivity contribution in [2.24, 2.45) is 0 Å². The third kappa shape index (κ3) is 5.15. The first-order valence-corrected chi connectivity index (χ1v) is 8.78. The molecule has 1 aliphatic heterocycles. The van der Waals surface area contributed by atoms with E-state index in [0.29, 0.717) is 25.1 Å². The number of carbonyl (C=O) groups is 3. The number of halogens is 2. The van der Waals surface area contributed by atoms with Crippen LogP contribution in [0, 0.1) is 0 Å². The van der Waals surface area contributed by atoms with Crippen molar-refractivity contribution in [1.29, 1.82) is 0 Å². The van der Waals surface area contributed by atoms with Crippen LogP contribution in [0.2, 0.25) is 0 Å². The summed E-state index contributed by atoms with van der Waals surface area (Å²) >= 11 is 0. The molecule has 1 atom stereocenters. The number of hydrogen-bond acceptors (Lipinski definition) is 4. The Morgan fingerprint density at radius 3 is 2.41 bits per heavy atom. The van der Waals surface area contributed by atoms with E-state index in [1.807, 2.05) is 0 Å². The zero-order valence-corrected chi connectivity index (χ0v) is 15.3. The van der Waals surface area contributed by atoms with E-state index in [1.54, 1.807) is 32.0 Å². The van der Waals surface area contributed by atoms with Gasteiger partial charge in [0.15, 0.2) is 0 Å². The largest absolute Gasteiger partial charge is 0.434 e. The molecular formula is C18H23F2N3O4. The summed E-state index contributed by atoms with van der Waals surface area (Å²) in [5.74, 6) is -1.82. The Labute approximate surface area is 156 Å². The fourth-order valence-electron chi connectivity index (χ4n) is 2.95. The van der Waals surface area contributed by atoms with Gasteiger partial charge in [-0.1, -0.05) is 25.1 Å². The summed E-state index contributed by atoms with van der Waals surface area (Å²) in [6, 6.07) is 5.67. The van der Waals surface area contributed by atoms with Crippen LogP contribution in [0.4, 0.5) is 8.78 Å². The lowest BCUT2D eigenvalue weighted by Crippen LogP contribution is -2.56. The molecule has 0 spiro atoms. The number of alkyl halides is 2. The van der Waals surface area contributed by atoms with Gasteiger partial charge in [-0.05, 0) is 19.4 Å². The van der Waals surface area contributed by atoms with Crippen LogP contribution >= 0.6 is 0 Å².